The van der Waals surface area contributed by atoms with E-state index in [1.54, 1.807) is 0 Å². The molecule has 0 radical (unpaired) electrons. The van der Waals surface area contributed by atoms with Crippen LogP contribution >= 0.6 is 0 Å². The topological polar surface area (TPSA) is 83.7 Å². The van der Waals surface area contributed by atoms with Crippen LogP contribution in [0.1, 0.15) is 36.5 Å². The smallest absolute Gasteiger partial charge is 0.335 e. The van der Waals surface area contributed by atoms with Crippen molar-refractivity contribution in [2.24, 2.45) is 0 Å². The fourth-order valence-corrected chi connectivity index (χ4v) is 2.17. The van der Waals surface area contributed by atoms with E-state index in [9.17, 15) is 14.9 Å². The number of anilines is 1. The molecule has 1 saturated carbocycles. The van der Waals surface area contributed by atoms with E-state index in [1.165, 1.54) is 18.2 Å². The molecule has 1 aliphatic rings. The second-order valence-corrected chi connectivity index (χ2v) is 4.69. The first-order chi connectivity index (χ1) is 9.04. The molecule has 1 fully saturated rings. The van der Waals surface area contributed by atoms with Crippen molar-refractivity contribution in [2.45, 2.75) is 32.2 Å². The third kappa shape index (κ3) is 2.83. The number of hydrogen-bond donors (Lipinski definition) is 1. The van der Waals surface area contributed by atoms with Crippen molar-refractivity contribution in [3.8, 4) is 0 Å². The molecule has 0 unspecified atom stereocenters. The molecule has 1 N–H and O–H groups in total. The monoisotopic (exact) mass is 264 g/mol. The Kier molecular flexibility index (Phi) is 3.69. The maximum Gasteiger partial charge on any atom is 0.335 e. The molecule has 6 heteroatoms. The van der Waals surface area contributed by atoms with Crippen LogP contribution in [0.2, 0.25) is 0 Å². The number of rotatable bonds is 6. The highest BCUT2D eigenvalue weighted by atomic mass is 16.6. The van der Waals surface area contributed by atoms with Gasteiger partial charge in [0.1, 0.15) is 5.69 Å². The van der Waals surface area contributed by atoms with Crippen LogP contribution in [0.5, 0.6) is 0 Å². The predicted molar refractivity (Wildman–Crippen MR) is 70.7 cm³/mol. The van der Waals surface area contributed by atoms with Gasteiger partial charge in [-0.25, -0.2) is 4.79 Å². The zero-order valence-corrected chi connectivity index (χ0v) is 10.7. The van der Waals surface area contributed by atoms with Gasteiger partial charge in [-0.1, -0.05) is 6.92 Å². The first kappa shape index (κ1) is 13.3. The Morgan fingerprint density at radius 1 is 1.53 bits per heavy atom. The predicted octanol–water partition coefficient (Wildman–Crippen LogP) is 2.67. The third-order valence-electron chi connectivity index (χ3n) is 3.18. The van der Waals surface area contributed by atoms with Gasteiger partial charge in [0.15, 0.2) is 0 Å². The molecular weight excluding hydrogens is 248 g/mol. The van der Waals surface area contributed by atoms with Crippen molar-refractivity contribution in [3.05, 3.63) is 33.9 Å². The van der Waals surface area contributed by atoms with Crippen molar-refractivity contribution < 1.29 is 14.8 Å². The second-order valence-electron chi connectivity index (χ2n) is 4.69. The van der Waals surface area contributed by atoms with E-state index >= 15 is 0 Å². The number of aromatic carboxylic acids is 1. The molecule has 1 aliphatic carbocycles. The van der Waals surface area contributed by atoms with Gasteiger partial charge >= 0.3 is 5.97 Å². The second kappa shape index (κ2) is 5.26. The zero-order chi connectivity index (χ0) is 14.0. The maximum absolute atomic E-state index is 11.1. The molecule has 0 spiro atoms. The van der Waals surface area contributed by atoms with E-state index in [1.807, 2.05) is 11.8 Å². The maximum atomic E-state index is 11.1. The Morgan fingerprint density at radius 3 is 2.68 bits per heavy atom. The molecule has 0 amide bonds. The number of nitrogens with zero attached hydrogens (tertiary/aromatic N) is 2. The highest BCUT2D eigenvalue weighted by molar-refractivity contribution is 5.90. The summed E-state index contributed by atoms with van der Waals surface area (Å²) >= 11 is 0. The Bertz CT molecular complexity index is 511. The largest absolute Gasteiger partial charge is 0.478 e. The Labute approximate surface area is 110 Å². The quantitative estimate of drug-likeness (QED) is 0.630. The van der Waals surface area contributed by atoms with Crippen molar-refractivity contribution >= 4 is 17.3 Å². The number of nitro benzene ring substituents is 1. The molecule has 6 nitrogen and oxygen atoms in total. The highest BCUT2D eigenvalue weighted by Gasteiger charge is 2.32. The Hall–Kier alpha value is -2.11. The molecule has 1 aromatic rings. The molecule has 1 aromatic carbocycles. The lowest BCUT2D eigenvalue weighted by atomic mass is 10.1. The van der Waals surface area contributed by atoms with Crippen molar-refractivity contribution in [1.29, 1.82) is 0 Å². The van der Waals surface area contributed by atoms with Crippen molar-refractivity contribution in [2.75, 3.05) is 11.4 Å². The van der Waals surface area contributed by atoms with Gasteiger partial charge in [0.2, 0.25) is 0 Å². The summed E-state index contributed by atoms with van der Waals surface area (Å²) in [6, 6.07) is 4.28. The van der Waals surface area contributed by atoms with Gasteiger partial charge in [-0.2, -0.15) is 0 Å². The minimum Gasteiger partial charge on any atom is -0.478 e. The minimum atomic E-state index is -1.07. The van der Waals surface area contributed by atoms with Gasteiger partial charge in [-0.3, -0.25) is 10.1 Å². The van der Waals surface area contributed by atoms with E-state index in [0.29, 0.717) is 18.3 Å². The van der Waals surface area contributed by atoms with Gasteiger partial charge in [0.25, 0.3) is 5.69 Å². The van der Waals surface area contributed by atoms with Crippen molar-refractivity contribution in [1.82, 2.24) is 0 Å². The normalized spacial score (nSPS) is 14.2. The molecule has 2 rings (SSSR count). The third-order valence-corrected chi connectivity index (χ3v) is 3.18. The van der Waals surface area contributed by atoms with Crippen LogP contribution in [0.4, 0.5) is 11.4 Å². The van der Waals surface area contributed by atoms with Crippen molar-refractivity contribution in [3.63, 3.8) is 0 Å². The molecule has 0 aromatic heterocycles. The standard InChI is InChI=1S/C13H16N2O4/c1-2-7-14(10-4-5-10)12-8-9(13(16)17)3-6-11(12)15(18)19/h3,6,8,10H,2,4-5,7H2,1H3,(H,16,17). The lowest BCUT2D eigenvalue weighted by Crippen LogP contribution is -2.27. The average molecular weight is 264 g/mol. The minimum absolute atomic E-state index is 0.0228. The molecule has 0 saturated heterocycles. The number of benzene rings is 1. The first-order valence-corrected chi connectivity index (χ1v) is 6.33. The molecule has 102 valence electrons. The summed E-state index contributed by atoms with van der Waals surface area (Å²) in [4.78, 5) is 23.6. The molecule has 19 heavy (non-hydrogen) atoms. The number of nitro groups is 1. The summed E-state index contributed by atoms with van der Waals surface area (Å²) in [5, 5.41) is 20.1. The summed E-state index contributed by atoms with van der Waals surface area (Å²) in [5.41, 5.74) is 0.488. The van der Waals surface area contributed by atoms with Crippen LogP contribution in [0.3, 0.4) is 0 Å². The summed E-state index contributed by atoms with van der Waals surface area (Å²) in [6.45, 7) is 2.71. The first-order valence-electron chi connectivity index (χ1n) is 6.33. The summed E-state index contributed by atoms with van der Waals surface area (Å²) in [7, 11) is 0. The fourth-order valence-electron chi connectivity index (χ4n) is 2.17. The average Bonchev–Trinajstić information content (AvgIpc) is 3.19. The molecule has 0 bridgehead atoms. The van der Waals surface area contributed by atoms with Gasteiger partial charge in [0.05, 0.1) is 10.5 Å². The van der Waals surface area contributed by atoms with Crippen LogP contribution in [-0.4, -0.2) is 28.6 Å². The van der Waals surface area contributed by atoms with Crippen LogP contribution in [0.15, 0.2) is 18.2 Å². The molecule has 0 aliphatic heterocycles. The van der Waals surface area contributed by atoms with Crippen LogP contribution < -0.4 is 4.90 Å². The van der Waals surface area contributed by atoms with Gasteiger partial charge in [0, 0.05) is 18.7 Å². The summed E-state index contributed by atoms with van der Waals surface area (Å²) in [5.74, 6) is -1.07. The van der Waals surface area contributed by atoms with Gasteiger partial charge in [-0.15, -0.1) is 0 Å². The van der Waals surface area contributed by atoms with E-state index in [4.69, 9.17) is 5.11 Å². The van der Waals surface area contributed by atoms with E-state index in [0.717, 1.165) is 19.3 Å². The lowest BCUT2D eigenvalue weighted by molar-refractivity contribution is -0.384. The Balaban J connectivity index is 2.46. The van der Waals surface area contributed by atoms with Crippen LogP contribution in [-0.2, 0) is 0 Å². The van der Waals surface area contributed by atoms with E-state index < -0.39 is 10.9 Å². The number of carboxylic acid groups (broad SMARTS) is 1. The van der Waals surface area contributed by atoms with Crippen LogP contribution in [0, 0.1) is 10.1 Å². The lowest BCUT2D eigenvalue weighted by Gasteiger charge is -2.24. The van der Waals surface area contributed by atoms with Crippen LogP contribution in [0.25, 0.3) is 0 Å². The highest BCUT2D eigenvalue weighted by Crippen LogP contribution is 2.37. The van der Waals surface area contributed by atoms with Gasteiger partial charge < -0.3 is 10.0 Å². The number of hydrogen-bond acceptors (Lipinski definition) is 4. The molecule has 0 heterocycles. The SMILES string of the molecule is CCCN(c1cc(C(=O)O)ccc1[N+](=O)[O-])C1CC1. The van der Waals surface area contributed by atoms with E-state index in [-0.39, 0.29) is 11.3 Å². The fraction of sp³-hybridized carbons (Fsp3) is 0.462. The van der Waals surface area contributed by atoms with E-state index in [2.05, 4.69) is 0 Å². The molecule has 0 atom stereocenters. The zero-order valence-electron chi connectivity index (χ0n) is 10.7. The molecular formula is C13H16N2O4. The number of carboxylic acids is 1. The van der Waals surface area contributed by atoms with Gasteiger partial charge in [-0.05, 0) is 31.4 Å². The summed E-state index contributed by atoms with van der Waals surface area (Å²) < 4.78 is 0. The summed E-state index contributed by atoms with van der Waals surface area (Å²) in [6.07, 6.45) is 2.88. The Morgan fingerprint density at radius 2 is 2.21 bits per heavy atom. The number of carbonyl (C=O) groups is 1.